The van der Waals surface area contributed by atoms with Gasteiger partial charge in [-0.1, -0.05) is 20.8 Å². The van der Waals surface area contributed by atoms with Gasteiger partial charge in [0.05, 0.1) is 0 Å². The average molecular weight is 212 g/mol. The summed E-state index contributed by atoms with van der Waals surface area (Å²) in [6.07, 6.45) is 2.56. The fourth-order valence-corrected chi connectivity index (χ4v) is 2.47. The first-order valence-corrected chi connectivity index (χ1v) is 6.44. The molecule has 90 valence electrons. The number of hydrogen-bond acceptors (Lipinski definition) is 2. The maximum absolute atomic E-state index is 3.69. The number of nitrogens with zero attached hydrogens (tertiary/aromatic N) is 1. The van der Waals surface area contributed by atoms with Crippen molar-refractivity contribution in [1.82, 2.24) is 10.2 Å². The molecule has 1 atom stereocenters. The van der Waals surface area contributed by atoms with Crippen molar-refractivity contribution in [2.24, 2.45) is 5.92 Å². The topological polar surface area (TPSA) is 15.3 Å². The number of nitrogens with one attached hydrogen (secondary N) is 1. The van der Waals surface area contributed by atoms with Crippen LogP contribution in [0, 0.1) is 5.92 Å². The molecule has 0 aromatic heterocycles. The van der Waals surface area contributed by atoms with Crippen LogP contribution in [-0.4, -0.2) is 36.1 Å². The second kappa shape index (κ2) is 5.31. The minimum absolute atomic E-state index is 0.337. The van der Waals surface area contributed by atoms with Gasteiger partial charge in [0.1, 0.15) is 0 Å². The van der Waals surface area contributed by atoms with Crippen molar-refractivity contribution in [2.45, 2.75) is 59.0 Å². The van der Waals surface area contributed by atoms with Crippen LogP contribution in [0.4, 0.5) is 0 Å². The zero-order chi connectivity index (χ0) is 11.5. The van der Waals surface area contributed by atoms with Crippen molar-refractivity contribution in [3.05, 3.63) is 0 Å². The van der Waals surface area contributed by atoms with Crippen molar-refractivity contribution in [1.29, 1.82) is 0 Å². The van der Waals surface area contributed by atoms with Gasteiger partial charge < -0.3 is 5.32 Å². The van der Waals surface area contributed by atoms with Crippen LogP contribution in [0.2, 0.25) is 0 Å². The summed E-state index contributed by atoms with van der Waals surface area (Å²) < 4.78 is 0. The molecule has 1 saturated heterocycles. The molecule has 15 heavy (non-hydrogen) atoms. The SMILES string of the molecule is CCCN1CC(CC(C)C)NCC1(C)C. The molecule has 1 unspecified atom stereocenters. The van der Waals surface area contributed by atoms with E-state index in [9.17, 15) is 0 Å². The summed E-state index contributed by atoms with van der Waals surface area (Å²) in [7, 11) is 0. The van der Waals surface area contributed by atoms with Crippen molar-refractivity contribution in [2.75, 3.05) is 19.6 Å². The Morgan fingerprint density at radius 1 is 1.40 bits per heavy atom. The largest absolute Gasteiger partial charge is 0.311 e. The zero-order valence-electron chi connectivity index (χ0n) is 11.1. The maximum atomic E-state index is 3.69. The van der Waals surface area contributed by atoms with E-state index in [1.165, 1.54) is 25.9 Å². The third-order valence-corrected chi connectivity index (χ3v) is 3.37. The van der Waals surface area contributed by atoms with E-state index in [-0.39, 0.29) is 0 Å². The molecular weight excluding hydrogens is 184 g/mol. The molecule has 0 aromatic rings. The summed E-state index contributed by atoms with van der Waals surface area (Å²) in [5.74, 6) is 0.798. The van der Waals surface area contributed by atoms with E-state index in [2.05, 4.69) is 44.8 Å². The van der Waals surface area contributed by atoms with Gasteiger partial charge in [-0.3, -0.25) is 4.90 Å². The van der Waals surface area contributed by atoms with Crippen LogP contribution in [0.3, 0.4) is 0 Å². The normalized spacial score (nSPS) is 27.2. The molecule has 0 radical (unpaired) electrons. The minimum atomic E-state index is 0.337. The summed E-state index contributed by atoms with van der Waals surface area (Å²) in [5, 5.41) is 3.69. The van der Waals surface area contributed by atoms with E-state index < -0.39 is 0 Å². The van der Waals surface area contributed by atoms with Crippen molar-refractivity contribution >= 4 is 0 Å². The van der Waals surface area contributed by atoms with Crippen LogP contribution in [-0.2, 0) is 0 Å². The predicted molar refractivity (Wildman–Crippen MR) is 67.2 cm³/mol. The van der Waals surface area contributed by atoms with E-state index in [4.69, 9.17) is 0 Å². The van der Waals surface area contributed by atoms with Gasteiger partial charge in [0, 0.05) is 24.7 Å². The molecule has 1 fully saturated rings. The van der Waals surface area contributed by atoms with Crippen LogP contribution in [0.25, 0.3) is 0 Å². The lowest BCUT2D eigenvalue weighted by Crippen LogP contribution is -2.62. The highest BCUT2D eigenvalue weighted by Crippen LogP contribution is 2.21. The molecule has 1 aliphatic heterocycles. The van der Waals surface area contributed by atoms with Gasteiger partial charge in [0.25, 0.3) is 0 Å². The van der Waals surface area contributed by atoms with E-state index >= 15 is 0 Å². The molecule has 1 N–H and O–H groups in total. The Labute approximate surface area is 95.4 Å². The Hall–Kier alpha value is -0.0800. The van der Waals surface area contributed by atoms with Gasteiger partial charge in [-0.15, -0.1) is 0 Å². The first-order chi connectivity index (χ1) is 6.95. The molecule has 2 heteroatoms. The monoisotopic (exact) mass is 212 g/mol. The third kappa shape index (κ3) is 3.76. The number of piperazine rings is 1. The van der Waals surface area contributed by atoms with Gasteiger partial charge in [0.2, 0.25) is 0 Å². The summed E-state index contributed by atoms with van der Waals surface area (Å²) >= 11 is 0. The predicted octanol–water partition coefficient (Wildman–Crippen LogP) is 2.49. The molecular formula is C13H28N2. The molecule has 0 aromatic carbocycles. The van der Waals surface area contributed by atoms with Crippen LogP contribution < -0.4 is 5.32 Å². The molecule has 2 nitrogen and oxygen atoms in total. The molecule has 0 amide bonds. The molecule has 1 aliphatic rings. The Kier molecular flexibility index (Phi) is 4.60. The Balaban J connectivity index is 2.50. The number of rotatable bonds is 4. The van der Waals surface area contributed by atoms with Crippen molar-refractivity contribution < 1.29 is 0 Å². The van der Waals surface area contributed by atoms with Gasteiger partial charge in [-0.25, -0.2) is 0 Å². The Morgan fingerprint density at radius 2 is 2.07 bits per heavy atom. The van der Waals surface area contributed by atoms with Gasteiger partial charge in [-0.2, -0.15) is 0 Å². The summed E-state index contributed by atoms with van der Waals surface area (Å²) in [6, 6.07) is 0.699. The van der Waals surface area contributed by atoms with E-state index in [1.54, 1.807) is 0 Å². The Morgan fingerprint density at radius 3 is 2.60 bits per heavy atom. The molecule has 0 spiro atoms. The maximum Gasteiger partial charge on any atom is 0.0278 e. The van der Waals surface area contributed by atoms with E-state index in [0.717, 1.165) is 12.5 Å². The van der Waals surface area contributed by atoms with Gasteiger partial charge in [-0.05, 0) is 39.2 Å². The van der Waals surface area contributed by atoms with Gasteiger partial charge in [0.15, 0.2) is 0 Å². The molecule has 1 heterocycles. The van der Waals surface area contributed by atoms with Crippen LogP contribution in [0.1, 0.15) is 47.5 Å². The summed E-state index contributed by atoms with van der Waals surface area (Å²) in [6.45, 7) is 15.2. The van der Waals surface area contributed by atoms with Gasteiger partial charge >= 0.3 is 0 Å². The first kappa shape index (κ1) is 13.0. The van der Waals surface area contributed by atoms with Crippen LogP contribution in [0.15, 0.2) is 0 Å². The molecule has 0 bridgehead atoms. The van der Waals surface area contributed by atoms with Crippen molar-refractivity contribution in [3.8, 4) is 0 Å². The minimum Gasteiger partial charge on any atom is -0.311 e. The molecule has 1 rings (SSSR count). The second-order valence-electron chi connectivity index (χ2n) is 5.97. The fraction of sp³-hybridized carbons (Fsp3) is 1.00. The molecule has 0 saturated carbocycles. The third-order valence-electron chi connectivity index (χ3n) is 3.37. The van der Waals surface area contributed by atoms with Crippen molar-refractivity contribution in [3.63, 3.8) is 0 Å². The zero-order valence-corrected chi connectivity index (χ0v) is 11.1. The van der Waals surface area contributed by atoms with E-state index in [0.29, 0.717) is 11.6 Å². The Bertz CT molecular complexity index is 187. The smallest absolute Gasteiger partial charge is 0.0278 e. The highest BCUT2D eigenvalue weighted by Gasteiger charge is 2.33. The van der Waals surface area contributed by atoms with Crippen LogP contribution in [0.5, 0.6) is 0 Å². The lowest BCUT2D eigenvalue weighted by Gasteiger charge is -2.46. The van der Waals surface area contributed by atoms with Crippen LogP contribution >= 0.6 is 0 Å². The lowest BCUT2D eigenvalue weighted by atomic mass is 9.93. The molecule has 0 aliphatic carbocycles. The second-order valence-corrected chi connectivity index (χ2v) is 5.97. The summed E-state index contributed by atoms with van der Waals surface area (Å²) in [5.41, 5.74) is 0.337. The standard InChI is InChI=1S/C13H28N2/c1-6-7-15-9-12(8-11(2)3)14-10-13(15,4)5/h11-12,14H,6-10H2,1-5H3. The number of hydrogen-bond donors (Lipinski definition) is 1. The average Bonchev–Trinajstić information content (AvgIpc) is 2.11. The summed E-state index contributed by atoms with van der Waals surface area (Å²) in [4.78, 5) is 2.65. The highest BCUT2D eigenvalue weighted by atomic mass is 15.3. The fourth-order valence-electron chi connectivity index (χ4n) is 2.47. The first-order valence-electron chi connectivity index (χ1n) is 6.44. The highest BCUT2D eigenvalue weighted by molar-refractivity contribution is 4.92. The van der Waals surface area contributed by atoms with E-state index in [1.807, 2.05) is 0 Å². The lowest BCUT2D eigenvalue weighted by molar-refractivity contribution is 0.0611. The quantitative estimate of drug-likeness (QED) is 0.770.